The van der Waals surface area contributed by atoms with Crippen molar-refractivity contribution in [1.29, 1.82) is 0 Å². The zero-order valence-corrected chi connectivity index (χ0v) is 9.07. The van der Waals surface area contributed by atoms with Crippen LogP contribution in [0.25, 0.3) is 10.8 Å². The van der Waals surface area contributed by atoms with E-state index in [9.17, 15) is 4.79 Å². The standard InChI is InChI=1S/C13H13NO2/c1-2-16-13-8-7-12(14-9-15)10-5-3-4-6-11(10)13/h3-9H,2H2,1H3,(H,14,15). The summed E-state index contributed by atoms with van der Waals surface area (Å²) in [4.78, 5) is 10.5. The van der Waals surface area contributed by atoms with Crippen LogP contribution in [0.15, 0.2) is 36.4 Å². The molecule has 1 amide bonds. The van der Waals surface area contributed by atoms with Gasteiger partial charge in [-0.3, -0.25) is 4.79 Å². The highest BCUT2D eigenvalue weighted by molar-refractivity contribution is 6.00. The molecule has 2 rings (SSSR count). The molecule has 82 valence electrons. The molecule has 0 heterocycles. The van der Waals surface area contributed by atoms with E-state index >= 15 is 0 Å². The molecule has 0 aliphatic carbocycles. The van der Waals surface area contributed by atoms with Gasteiger partial charge >= 0.3 is 0 Å². The molecular weight excluding hydrogens is 202 g/mol. The third-order valence-electron chi connectivity index (χ3n) is 2.40. The minimum atomic E-state index is 0.629. The Morgan fingerprint density at radius 2 is 1.94 bits per heavy atom. The Kier molecular flexibility index (Phi) is 3.05. The number of carbonyl (C=O) groups excluding carboxylic acids is 1. The fourth-order valence-electron chi connectivity index (χ4n) is 1.74. The van der Waals surface area contributed by atoms with E-state index in [1.54, 1.807) is 0 Å². The molecule has 2 aromatic carbocycles. The summed E-state index contributed by atoms with van der Waals surface area (Å²) >= 11 is 0. The van der Waals surface area contributed by atoms with Gasteiger partial charge in [-0.15, -0.1) is 0 Å². The van der Waals surface area contributed by atoms with Crippen LogP contribution < -0.4 is 10.1 Å². The van der Waals surface area contributed by atoms with Crippen molar-refractivity contribution in [2.75, 3.05) is 11.9 Å². The Labute approximate surface area is 94.0 Å². The number of carbonyl (C=O) groups is 1. The van der Waals surface area contributed by atoms with Crippen molar-refractivity contribution in [2.24, 2.45) is 0 Å². The van der Waals surface area contributed by atoms with Gasteiger partial charge in [-0.2, -0.15) is 0 Å². The van der Waals surface area contributed by atoms with E-state index in [1.807, 2.05) is 43.3 Å². The lowest BCUT2D eigenvalue weighted by molar-refractivity contribution is -0.105. The largest absolute Gasteiger partial charge is 0.493 e. The third-order valence-corrected chi connectivity index (χ3v) is 2.40. The van der Waals surface area contributed by atoms with Gasteiger partial charge in [0.25, 0.3) is 0 Å². The van der Waals surface area contributed by atoms with E-state index < -0.39 is 0 Å². The van der Waals surface area contributed by atoms with E-state index in [1.165, 1.54) is 0 Å². The second kappa shape index (κ2) is 4.66. The lowest BCUT2D eigenvalue weighted by Crippen LogP contribution is -1.97. The molecule has 0 saturated heterocycles. The predicted molar refractivity (Wildman–Crippen MR) is 64.8 cm³/mol. The van der Waals surface area contributed by atoms with Crippen LogP contribution in [0, 0.1) is 0 Å². The highest BCUT2D eigenvalue weighted by Crippen LogP contribution is 2.31. The van der Waals surface area contributed by atoms with Crippen LogP contribution in [0.2, 0.25) is 0 Å². The number of fused-ring (bicyclic) bond motifs is 1. The average molecular weight is 215 g/mol. The molecule has 0 saturated carbocycles. The zero-order chi connectivity index (χ0) is 11.4. The molecule has 0 bridgehead atoms. The maximum absolute atomic E-state index is 10.5. The smallest absolute Gasteiger partial charge is 0.211 e. The van der Waals surface area contributed by atoms with Crippen LogP contribution in [0.1, 0.15) is 6.92 Å². The molecule has 0 aliphatic rings. The molecule has 0 unspecified atom stereocenters. The van der Waals surface area contributed by atoms with Gasteiger partial charge in [-0.25, -0.2) is 0 Å². The van der Waals surface area contributed by atoms with E-state index in [2.05, 4.69) is 5.32 Å². The molecule has 0 radical (unpaired) electrons. The monoisotopic (exact) mass is 215 g/mol. The van der Waals surface area contributed by atoms with Crippen molar-refractivity contribution in [3.05, 3.63) is 36.4 Å². The van der Waals surface area contributed by atoms with E-state index in [0.29, 0.717) is 13.0 Å². The van der Waals surface area contributed by atoms with Crippen molar-refractivity contribution < 1.29 is 9.53 Å². The number of rotatable bonds is 4. The van der Waals surface area contributed by atoms with Crippen LogP contribution >= 0.6 is 0 Å². The summed E-state index contributed by atoms with van der Waals surface area (Å²) in [6, 6.07) is 11.6. The first kappa shape index (κ1) is 10.5. The van der Waals surface area contributed by atoms with Crippen LogP contribution in [-0.4, -0.2) is 13.0 Å². The normalized spacial score (nSPS) is 10.1. The molecule has 16 heavy (non-hydrogen) atoms. The van der Waals surface area contributed by atoms with Gasteiger partial charge in [-0.1, -0.05) is 24.3 Å². The van der Waals surface area contributed by atoms with Crippen LogP contribution in [0.5, 0.6) is 5.75 Å². The Balaban J connectivity index is 2.61. The quantitative estimate of drug-likeness (QED) is 0.796. The highest BCUT2D eigenvalue weighted by atomic mass is 16.5. The molecule has 3 nitrogen and oxygen atoms in total. The van der Waals surface area contributed by atoms with Crippen molar-refractivity contribution >= 4 is 22.9 Å². The van der Waals surface area contributed by atoms with Gasteiger partial charge in [0.1, 0.15) is 5.75 Å². The van der Waals surface area contributed by atoms with Crippen LogP contribution in [0.4, 0.5) is 5.69 Å². The molecule has 0 atom stereocenters. The summed E-state index contributed by atoms with van der Waals surface area (Å²) in [6.45, 7) is 2.58. The molecule has 0 spiro atoms. The second-order valence-electron chi connectivity index (χ2n) is 3.35. The van der Waals surface area contributed by atoms with Gasteiger partial charge < -0.3 is 10.1 Å². The molecule has 0 aromatic heterocycles. The lowest BCUT2D eigenvalue weighted by atomic mass is 10.1. The number of hydrogen-bond donors (Lipinski definition) is 1. The highest BCUT2D eigenvalue weighted by Gasteiger charge is 2.05. The van der Waals surface area contributed by atoms with Gasteiger partial charge in [0.05, 0.1) is 6.61 Å². The summed E-state index contributed by atoms with van der Waals surface area (Å²) < 4.78 is 5.54. The molecule has 0 aliphatic heterocycles. The molecule has 2 aromatic rings. The number of nitrogens with one attached hydrogen (secondary N) is 1. The van der Waals surface area contributed by atoms with E-state index in [0.717, 1.165) is 22.2 Å². The van der Waals surface area contributed by atoms with Gasteiger partial charge in [0.2, 0.25) is 6.41 Å². The zero-order valence-electron chi connectivity index (χ0n) is 9.07. The Bertz CT molecular complexity index is 508. The summed E-state index contributed by atoms with van der Waals surface area (Å²) in [5.74, 6) is 0.842. The Hall–Kier alpha value is -2.03. The topological polar surface area (TPSA) is 38.3 Å². The second-order valence-corrected chi connectivity index (χ2v) is 3.35. The third kappa shape index (κ3) is 1.84. The first-order valence-corrected chi connectivity index (χ1v) is 5.21. The molecular formula is C13H13NO2. The molecule has 0 fully saturated rings. The molecule has 1 N–H and O–H groups in total. The van der Waals surface area contributed by atoms with Gasteiger partial charge in [0.15, 0.2) is 0 Å². The average Bonchev–Trinajstić information content (AvgIpc) is 2.33. The number of anilines is 1. The summed E-state index contributed by atoms with van der Waals surface area (Å²) in [6.07, 6.45) is 0.683. The first-order valence-electron chi connectivity index (χ1n) is 5.21. The summed E-state index contributed by atoms with van der Waals surface area (Å²) in [7, 11) is 0. The maximum atomic E-state index is 10.5. The lowest BCUT2D eigenvalue weighted by Gasteiger charge is -2.10. The predicted octanol–water partition coefficient (Wildman–Crippen LogP) is 2.81. The maximum Gasteiger partial charge on any atom is 0.211 e. The fourth-order valence-corrected chi connectivity index (χ4v) is 1.74. The number of benzene rings is 2. The minimum absolute atomic E-state index is 0.629. The SMILES string of the molecule is CCOc1ccc(NC=O)c2ccccc12. The van der Waals surface area contributed by atoms with Crippen LogP contribution in [-0.2, 0) is 4.79 Å². The van der Waals surface area contributed by atoms with Crippen molar-refractivity contribution in [3.63, 3.8) is 0 Å². The number of ether oxygens (including phenoxy) is 1. The number of amides is 1. The van der Waals surface area contributed by atoms with Crippen molar-refractivity contribution in [1.82, 2.24) is 0 Å². The Morgan fingerprint density at radius 1 is 1.19 bits per heavy atom. The van der Waals surface area contributed by atoms with E-state index in [4.69, 9.17) is 4.74 Å². The van der Waals surface area contributed by atoms with E-state index in [-0.39, 0.29) is 0 Å². The Morgan fingerprint density at radius 3 is 2.62 bits per heavy atom. The first-order chi connectivity index (χ1) is 7.86. The van der Waals surface area contributed by atoms with Crippen molar-refractivity contribution in [2.45, 2.75) is 6.92 Å². The van der Waals surface area contributed by atoms with Gasteiger partial charge in [-0.05, 0) is 19.1 Å². The number of hydrogen-bond acceptors (Lipinski definition) is 2. The summed E-state index contributed by atoms with van der Waals surface area (Å²) in [5.41, 5.74) is 0.800. The molecule has 3 heteroatoms. The minimum Gasteiger partial charge on any atom is -0.493 e. The fraction of sp³-hybridized carbons (Fsp3) is 0.154. The van der Waals surface area contributed by atoms with Crippen molar-refractivity contribution in [3.8, 4) is 5.75 Å². The van der Waals surface area contributed by atoms with Gasteiger partial charge in [0, 0.05) is 16.5 Å². The summed E-state index contributed by atoms with van der Waals surface area (Å²) in [5, 5.41) is 4.68. The van der Waals surface area contributed by atoms with Crippen LogP contribution in [0.3, 0.4) is 0 Å².